The Morgan fingerprint density at radius 1 is 1.16 bits per heavy atom. The van der Waals surface area contributed by atoms with E-state index in [0.717, 1.165) is 12.8 Å². The number of carbonyl (C=O) groups is 1. The summed E-state index contributed by atoms with van der Waals surface area (Å²) in [6.45, 7) is 1.57. The minimum atomic E-state index is -3.14. The zero-order valence-electron chi connectivity index (χ0n) is 14.9. The smallest absolute Gasteiger partial charge is 0.223 e. The maximum Gasteiger partial charge on any atom is 0.223 e. The summed E-state index contributed by atoms with van der Waals surface area (Å²) < 4.78 is 24.6. The van der Waals surface area contributed by atoms with Crippen LogP contribution in [0.2, 0.25) is 0 Å². The van der Waals surface area contributed by atoms with Gasteiger partial charge in [-0.25, -0.2) is 12.7 Å². The largest absolute Gasteiger partial charge is 0.355 e. The van der Waals surface area contributed by atoms with E-state index in [-0.39, 0.29) is 17.2 Å². The van der Waals surface area contributed by atoms with Gasteiger partial charge in [0.05, 0.1) is 6.26 Å². The Balaban J connectivity index is 1.58. The van der Waals surface area contributed by atoms with Crippen LogP contribution in [-0.4, -0.2) is 44.5 Å². The lowest BCUT2D eigenvalue weighted by molar-refractivity contribution is -0.126. The number of nitrogens with zero attached hydrogens (tertiary/aromatic N) is 1. The summed E-state index contributed by atoms with van der Waals surface area (Å²) in [5.41, 5.74) is 1.38. The van der Waals surface area contributed by atoms with Crippen molar-refractivity contribution in [3.8, 4) is 0 Å². The molecule has 1 aliphatic carbocycles. The normalized spacial score (nSPS) is 22.0. The van der Waals surface area contributed by atoms with Crippen molar-refractivity contribution in [2.24, 2.45) is 5.92 Å². The maximum absolute atomic E-state index is 12.6. The third-order valence-corrected chi connectivity index (χ3v) is 7.14. The fraction of sp³-hybridized carbons (Fsp3) is 0.632. The second-order valence-corrected chi connectivity index (χ2v) is 9.49. The molecule has 1 N–H and O–H groups in total. The number of nitrogens with one attached hydrogen (secondary N) is 1. The van der Waals surface area contributed by atoms with Crippen molar-refractivity contribution >= 4 is 15.9 Å². The van der Waals surface area contributed by atoms with E-state index >= 15 is 0 Å². The highest BCUT2D eigenvalue weighted by atomic mass is 32.2. The number of sulfonamides is 1. The highest BCUT2D eigenvalue weighted by molar-refractivity contribution is 7.88. The molecular weight excluding hydrogens is 336 g/mol. The summed E-state index contributed by atoms with van der Waals surface area (Å²) in [6.07, 6.45) is 7.09. The fourth-order valence-electron chi connectivity index (χ4n) is 4.26. The van der Waals surface area contributed by atoms with Crippen LogP contribution in [0.3, 0.4) is 0 Å². The topological polar surface area (TPSA) is 66.5 Å². The molecule has 0 radical (unpaired) electrons. The Hall–Kier alpha value is -1.40. The first kappa shape index (κ1) is 18.4. The molecule has 5 nitrogen and oxygen atoms in total. The van der Waals surface area contributed by atoms with Crippen molar-refractivity contribution in [1.29, 1.82) is 0 Å². The van der Waals surface area contributed by atoms with Gasteiger partial charge >= 0.3 is 0 Å². The highest BCUT2D eigenvalue weighted by Crippen LogP contribution is 2.40. The predicted molar refractivity (Wildman–Crippen MR) is 98.7 cm³/mol. The van der Waals surface area contributed by atoms with Crippen molar-refractivity contribution in [3.05, 3.63) is 35.9 Å². The molecule has 1 amide bonds. The van der Waals surface area contributed by atoms with Gasteiger partial charge in [0.15, 0.2) is 0 Å². The minimum Gasteiger partial charge on any atom is -0.355 e. The first-order chi connectivity index (χ1) is 11.9. The second-order valence-electron chi connectivity index (χ2n) is 7.51. The SMILES string of the molecule is CS(=O)(=O)N1CCC(C(=O)NCC2(c3ccccc3)CCCC2)CC1. The molecule has 6 heteroatoms. The molecule has 3 rings (SSSR count). The van der Waals surface area contributed by atoms with Crippen molar-refractivity contribution in [3.63, 3.8) is 0 Å². The molecular formula is C19H28N2O3S. The minimum absolute atomic E-state index is 0.0599. The molecule has 1 aromatic rings. The van der Waals surface area contributed by atoms with Gasteiger partial charge in [-0.05, 0) is 31.2 Å². The molecule has 2 aliphatic rings. The predicted octanol–water partition coefficient (Wildman–Crippen LogP) is 2.29. The van der Waals surface area contributed by atoms with Crippen LogP contribution in [0.5, 0.6) is 0 Å². The maximum atomic E-state index is 12.6. The third-order valence-electron chi connectivity index (χ3n) is 5.84. The van der Waals surface area contributed by atoms with Gasteiger partial charge in [0.25, 0.3) is 0 Å². The number of carbonyl (C=O) groups excluding carboxylic acids is 1. The first-order valence-corrected chi connectivity index (χ1v) is 11.0. The number of amides is 1. The molecule has 0 bridgehead atoms. The Bertz CT molecular complexity index is 689. The second kappa shape index (κ2) is 7.46. The van der Waals surface area contributed by atoms with Gasteiger partial charge in [0.1, 0.15) is 0 Å². The van der Waals surface area contributed by atoms with Crippen molar-refractivity contribution in [1.82, 2.24) is 9.62 Å². The van der Waals surface area contributed by atoms with E-state index in [1.165, 1.54) is 29.0 Å². The molecule has 138 valence electrons. The number of rotatable bonds is 5. The van der Waals surface area contributed by atoms with Crippen LogP contribution < -0.4 is 5.32 Å². The lowest BCUT2D eigenvalue weighted by Gasteiger charge is -2.33. The molecule has 0 atom stereocenters. The van der Waals surface area contributed by atoms with E-state index in [1.54, 1.807) is 0 Å². The quantitative estimate of drug-likeness (QED) is 0.872. The van der Waals surface area contributed by atoms with Crippen molar-refractivity contribution in [2.45, 2.75) is 43.9 Å². The number of piperidine rings is 1. The molecule has 25 heavy (non-hydrogen) atoms. The van der Waals surface area contributed by atoms with Gasteiger partial charge in [-0.3, -0.25) is 4.79 Å². The highest BCUT2D eigenvalue weighted by Gasteiger charge is 2.37. The zero-order chi connectivity index (χ0) is 17.9. The van der Waals surface area contributed by atoms with Gasteiger partial charge in [-0.2, -0.15) is 0 Å². The molecule has 2 fully saturated rings. The van der Waals surface area contributed by atoms with Crippen LogP contribution in [0.25, 0.3) is 0 Å². The van der Waals surface area contributed by atoms with E-state index in [2.05, 4.69) is 29.6 Å². The zero-order valence-corrected chi connectivity index (χ0v) is 15.7. The molecule has 1 saturated carbocycles. The van der Waals surface area contributed by atoms with Crippen molar-refractivity contribution < 1.29 is 13.2 Å². The number of benzene rings is 1. The average molecular weight is 365 g/mol. The lowest BCUT2D eigenvalue weighted by atomic mass is 9.78. The fourth-order valence-corrected chi connectivity index (χ4v) is 5.14. The molecule has 1 saturated heterocycles. The molecule has 0 unspecified atom stereocenters. The van der Waals surface area contributed by atoms with Crippen molar-refractivity contribution in [2.75, 3.05) is 25.9 Å². The summed E-state index contributed by atoms with van der Waals surface area (Å²) >= 11 is 0. The van der Waals surface area contributed by atoms with Gasteiger partial charge < -0.3 is 5.32 Å². The third kappa shape index (κ3) is 4.23. The Labute approximate surface area is 150 Å². The Morgan fingerprint density at radius 3 is 2.32 bits per heavy atom. The summed E-state index contributed by atoms with van der Waals surface area (Å²) in [5, 5.41) is 3.18. The van der Waals surface area contributed by atoms with Gasteiger partial charge in [-0.15, -0.1) is 0 Å². The summed E-state index contributed by atoms with van der Waals surface area (Å²) in [5.74, 6) is 0.00239. The number of hydrogen-bond acceptors (Lipinski definition) is 3. The Morgan fingerprint density at radius 2 is 1.76 bits per heavy atom. The van der Waals surface area contributed by atoms with Crippen LogP contribution in [0.1, 0.15) is 44.1 Å². The van der Waals surface area contributed by atoms with Crippen LogP contribution >= 0.6 is 0 Å². The monoisotopic (exact) mass is 364 g/mol. The molecule has 0 aromatic heterocycles. The number of hydrogen-bond donors (Lipinski definition) is 1. The molecule has 0 spiro atoms. The van der Waals surface area contributed by atoms with Crippen LogP contribution in [0.4, 0.5) is 0 Å². The lowest BCUT2D eigenvalue weighted by Crippen LogP contribution is -2.45. The summed E-state index contributed by atoms with van der Waals surface area (Å²) in [7, 11) is -3.14. The molecule has 1 aliphatic heterocycles. The standard InChI is InChI=1S/C19H28N2O3S/c1-25(23,24)21-13-9-16(10-14-21)18(22)20-15-19(11-5-6-12-19)17-7-3-2-4-8-17/h2-4,7-8,16H,5-6,9-15H2,1H3,(H,20,22). The molecule has 1 heterocycles. The average Bonchev–Trinajstić information content (AvgIpc) is 3.10. The Kier molecular flexibility index (Phi) is 5.49. The first-order valence-electron chi connectivity index (χ1n) is 9.19. The van der Waals surface area contributed by atoms with E-state index in [0.29, 0.717) is 32.5 Å². The van der Waals surface area contributed by atoms with Gasteiger partial charge in [-0.1, -0.05) is 43.2 Å². The van der Waals surface area contributed by atoms with E-state index in [1.807, 2.05) is 6.07 Å². The van der Waals surface area contributed by atoms with Gasteiger partial charge in [0.2, 0.25) is 15.9 Å². The summed E-state index contributed by atoms with van der Waals surface area (Å²) in [6, 6.07) is 10.5. The van der Waals surface area contributed by atoms with Crippen LogP contribution in [0.15, 0.2) is 30.3 Å². The van der Waals surface area contributed by atoms with Gasteiger partial charge in [0, 0.05) is 31.0 Å². The van der Waals surface area contributed by atoms with Crippen LogP contribution in [-0.2, 0) is 20.2 Å². The van der Waals surface area contributed by atoms with E-state index in [4.69, 9.17) is 0 Å². The molecule has 1 aromatic carbocycles. The van der Waals surface area contributed by atoms with Crippen LogP contribution in [0, 0.1) is 5.92 Å². The van der Waals surface area contributed by atoms with E-state index < -0.39 is 10.0 Å². The van der Waals surface area contributed by atoms with E-state index in [9.17, 15) is 13.2 Å². The summed E-state index contributed by atoms with van der Waals surface area (Å²) in [4.78, 5) is 12.6.